The minimum Gasteiger partial charge on any atom is -0.503 e. The lowest BCUT2D eigenvalue weighted by atomic mass is 9.94. The van der Waals surface area contributed by atoms with Gasteiger partial charge in [0.15, 0.2) is 17.3 Å². The van der Waals surface area contributed by atoms with E-state index in [9.17, 15) is 14.7 Å². The molecule has 0 bridgehead atoms. The van der Waals surface area contributed by atoms with Crippen molar-refractivity contribution in [2.75, 3.05) is 41.4 Å². The van der Waals surface area contributed by atoms with Crippen LogP contribution in [0.25, 0.3) is 0 Å². The Balaban J connectivity index is 2.14. The van der Waals surface area contributed by atoms with Crippen LogP contribution in [0.3, 0.4) is 0 Å². The van der Waals surface area contributed by atoms with Crippen molar-refractivity contribution in [3.05, 3.63) is 50.7 Å². The number of carbonyl (C=O) groups is 2. The molecule has 1 aliphatic rings. The van der Waals surface area contributed by atoms with E-state index in [-0.39, 0.29) is 5.57 Å². The van der Waals surface area contributed by atoms with Gasteiger partial charge in [0, 0.05) is 12.1 Å². The second kappa shape index (κ2) is 9.70. The minimum absolute atomic E-state index is 0.0400. The number of ether oxygens (including phenoxy) is 2. The monoisotopic (exact) mass is 459 g/mol. The van der Waals surface area contributed by atoms with Gasteiger partial charge in [-0.25, -0.2) is 4.98 Å². The Hall–Kier alpha value is -2.91. The van der Waals surface area contributed by atoms with Gasteiger partial charge in [-0.05, 0) is 47.0 Å². The molecule has 3 rings (SSSR count). The van der Waals surface area contributed by atoms with E-state index in [1.807, 2.05) is 25.9 Å². The third-order valence-corrected chi connectivity index (χ3v) is 6.46. The highest BCUT2D eigenvalue weighted by atomic mass is 32.1. The second-order valence-electron chi connectivity index (χ2n) is 7.88. The lowest BCUT2D eigenvalue weighted by Crippen LogP contribution is -2.33. The lowest BCUT2D eigenvalue weighted by Gasteiger charge is -2.28. The molecule has 1 amide bonds. The topological polar surface area (TPSA) is 92.2 Å². The van der Waals surface area contributed by atoms with E-state index in [1.165, 1.54) is 30.5 Å². The molecule has 1 N–H and O–H groups in total. The number of hydrogen-bond acceptors (Lipinski definition) is 8. The van der Waals surface area contributed by atoms with Gasteiger partial charge in [0.25, 0.3) is 5.91 Å². The maximum absolute atomic E-state index is 13.6. The van der Waals surface area contributed by atoms with E-state index in [2.05, 4.69) is 4.98 Å². The molecule has 0 fully saturated rings. The van der Waals surface area contributed by atoms with Gasteiger partial charge >= 0.3 is 0 Å². The Kier molecular flexibility index (Phi) is 7.20. The number of amides is 1. The lowest BCUT2D eigenvalue weighted by molar-refractivity contribution is -0.129. The van der Waals surface area contributed by atoms with E-state index in [1.54, 1.807) is 25.1 Å². The number of hydrogen-bond donors (Lipinski definition) is 1. The van der Waals surface area contributed by atoms with Crippen molar-refractivity contribution in [1.82, 2.24) is 14.8 Å². The Bertz CT molecular complexity index is 1060. The highest BCUT2D eigenvalue weighted by Crippen LogP contribution is 2.45. The number of rotatable bonds is 9. The first kappa shape index (κ1) is 23.7. The van der Waals surface area contributed by atoms with Gasteiger partial charge in [-0.3, -0.25) is 9.59 Å². The van der Waals surface area contributed by atoms with Crippen molar-refractivity contribution in [3.63, 3.8) is 0 Å². The molecule has 9 heteroatoms. The number of Topliss-reactive ketones (excluding diaryl/α,β-unsaturated/α-hetero) is 1. The molecule has 32 heavy (non-hydrogen) atoms. The highest BCUT2D eigenvalue weighted by molar-refractivity contribution is 7.14. The zero-order chi connectivity index (χ0) is 23.6. The Morgan fingerprint density at radius 1 is 1.25 bits per heavy atom. The first-order valence-corrected chi connectivity index (χ1v) is 11.1. The summed E-state index contributed by atoms with van der Waals surface area (Å²) >= 11 is 1.25. The van der Waals surface area contributed by atoms with Crippen molar-refractivity contribution in [2.24, 2.45) is 0 Å². The quantitative estimate of drug-likeness (QED) is 0.575. The molecule has 0 radical (unpaired) electrons. The molecule has 1 aliphatic heterocycles. The van der Waals surface area contributed by atoms with Crippen molar-refractivity contribution in [3.8, 4) is 11.5 Å². The van der Waals surface area contributed by atoms with Crippen LogP contribution in [-0.4, -0.2) is 73.0 Å². The summed E-state index contributed by atoms with van der Waals surface area (Å²) in [5.41, 5.74) is 1.20. The number of ketones is 1. The van der Waals surface area contributed by atoms with Crippen LogP contribution >= 0.6 is 11.3 Å². The first-order valence-electron chi connectivity index (χ1n) is 10.3. The van der Waals surface area contributed by atoms with Gasteiger partial charge in [0.05, 0.1) is 41.4 Å². The van der Waals surface area contributed by atoms with Crippen LogP contribution in [0.4, 0.5) is 0 Å². The van der Waals surface area contributed by atoms with Crippen LogP contribution in [-0.2, 0) is 4.79 Å². The molecule has 1 atom stereocenters. The van der Waals surface area contributed by atoms with Gasteiger partial charge in [0.2, 0.25) is 5.78 Å². The summed E-state index contributed by atoms with van der Waals surface area (Å²) in [5, 5.41) is 11.6. The summed E-state index contributed by atoms with van der Waals surface area (Å²) in [4.78, 5) is 35.0. The first-order chi connectivity index (χ1) is 15.2. The summed E-state index contributed by atoms with van der Waals surface area (Å²) in [6.07, 6.45) is 0.676. The van der Waals surface area contributed by atoms with E-state index in [0.717, 1.165) is 11.6 Å². The number of aliphatic hydroxyl groups excluding tert-OH is 1. The second-order valence-corrected chi connectivity index (χ2v) is 9.08. The van der Waals surface area contributed by atoms with Crippen LogP contribution in [0.5, 0.6) is 11.5 Å². The number of aryl methyl sites for hydroxylation is 2. The van der Waals surface area contributed by atoms with Crippen LogP contribution in [0.2, 0.25) is 0 Å². The Morgan fingerprint density at radius 2 is 1.97 bits per heavy atom. The van der Waals surface area contributed by atoms with Crippen LogP contribution in [0, 0.1) is 13.8 Å². The van der Waals surface area contributed by atoms with E-state index in [0.29, 0.717) is 40.6 Å². The predicted octanol–water partition coefficient (Wildman–Crippen LogP) is 3.31. The molecule has 0 spiro atoms. The average Bonchev–Trinajstić information content (AvgIpc) is 3.22. The molecular weight excluding hydrogens is 430 g/mol. The Morgan fingerprint density at radius 3 is 2.53 bits per heavy atom. The molecule has 2 heterocycles. The molecule has 0 saturated carbocycles. The predicted molar refractivity (Wildman–Crippen MR) is 123 cm³/mol. The maximum atomic E-state index is 13.6. The van der Waals surface area contributed by atoms with E-state index in [4.69, 9.17) is 9.47 Å². The molecule has 8 nitrogen and oxygen atoms in total. The Labute approximate surface area is 192 Å². The number of carbonyl (C=O) groups excluding carboxylic acids is 2. The number of thiazole rings is 1. The van der Waals surface area contributed by atoms with Crippen molar-refractivity contribution in [2.45, 2.75) is 26.3 Å². The molecule has 0 aliphatic carbocycles. The minimum atomic E-state index is -0.802. The maximum Gasteiger partial charge on any atom is 0.290 e. The van der Waals surface area contributed by atoms with Crippen LogP contribution < -0.4 is 9.47 Å². The number of aromatic nitrogens is 1. The fourth-order valence-electron chi connectivity index (χ4n) is 3.99. The molecule has 0 saturated heterocycles. The molecule has 2 aromatic rings. The molecule has 172 valence electrons. The van der Waals surface area contributed by atoms with Gasteiger partial charge in [-0.15, -0.1) is 11.3 Å². The fraction of sp³-hybridized carbons (Fsp3) is 0.435. The van der Waals surface area contributed by atoms with Gasteiger partial charge < -0.3 is 24.4 Å². The smallest absolute Gasteiger partial charge is 0.290 e. The number of nitrogens with zero attached hydrogens (tertiary/aromatic N) is 3. The molecule has 1 aromatic carbocycles. The molecule has 0 unspecified atom stereocenters. The van der Waals surface area contributed by atoms with Crippen molar-refractivity contribution < 1.29 is 24.2 Å². The van der Waals surface area contributed by atoms with E-state index < -0.39 is 23.5 Å². The van der Waals surface area contributed by atoms with E-state index >= 15 is 0 Å². The SMILES string of the molecule is COc1cccc([C@@H]2C(C(=O)c3sc(C)nc3C)=C(O)C(=O)N2CCCN(C)C)c1OC. The average molecular weight is 460 g/mol. The van der Waals surface area contributed by atoms with Gasteiger partial charge in [-0.2, -0.15) is 0 Å². The zero-order valence-corrected chi connectivity index (χ0v) is 20.1. The summed E-state index contributed by atoms with van der Waals surface area (Å²) in [6.45, 7) is 4.69. The number of benzene rings is 1. The molecule has 1 aromatic heterocycles. The van der Waals surface area contributed by atoms with Gasteiger partial charge in [-0.1, -0.05) is 12.1 Å². The third kappa shape index (κ3) is 4.35. The number of para-hydroxylation sites is 1. The summed E-state index contributed by atoms with van der Waals surface area (Å²) in [5.74, 6) is -0.596. The number of methoxy groups -OCH3 is 2. The van der Waals surface area contributed by atoms with Crippen molar-refractivity contribution in [1.29, 1.82) is 0 Å². The van der Waals surface area contributed by atoms with Gasteiger partial charge in [0.1, 0.15) is 0 Å². The largest absolute Gasteiger partial charge is 0.503 e. The fourth-order valence-corrected chi connectivity index (χ4v) is 4.86. The summed E-state index contributed by atoms with van der Waals surface area (Å²) < 4.78 is 11.0. The standard InChI is InChI=1S/C23H29N3O5S/c1-13-22(32-14(2)24-13)19(27)17-18(15-9-7-10-16(30-5)21(15)31-6)26(23(29)20(17)28)12-8-11-25(3)4/h7,9-10,18,28H,8,11-12H2,1-6H3/t18-/m1/s1. The normalized spacial score (nSPS) is 16.3. The number of aliphatic hydroxyl groups is 1. The zero-order valence-electron chi connectivity index (χ0n) is 19.3. The highest BCUT2D eigenvalue weighted by Gasteiger charge is 2.45. The summed E-state index contributed by atoms with van der Waals surface area (Å²) in [6, 6.07) is 4.51. The molecular formula is C23H29N3O5S. The van der Waals surface area contributed by atoms with Crippen LogP contribution in [0.15, 0.2) is 29.5 Å². The summed E-state index contributed by atoms with van der Waals surface area (Å²) in [7, 11) is 6.94. The third-order valence-electron chi connectivity index (χ3n) is 5.39. The van der Waals surface area contributed by atoms with Crippen molar-refractivity contribution >= 4 is 23.0 Å². The van der Waals surface area contributed by atoms with Crippen LogP contribution in [0.1, 0.15) is 38.4 Å².